The Morgan fingerprint density at radius 3 is 2.75 bits per heavy atom. The van der Waals surface area contributed by atoms with Gasteiger partial charge in [0.2, 0.25) is 0 Å². The standard InChI is InChI=1S/C10H22N2/c1-8(2)5-10(11)6-9-3-4-12-7-9/h8-10,12H,3-7,11H2,1-2H3. The van der Waals surface area contributed by atoms with Crippen LogP contribution < -0.4 is 11.1 Å². The number of hydrogen-bond acceptors (Lipinski definition) is 2. The first-order valence-corrected chi connectivity index (χ1v) is 5.14. The molecule has 72 valence electrons. The van der Waals surface area contributed by atoms with Gasteiger partial charge >= 0.3 is 0 Å². The van der Waals surface area contributed by atoms with Crippen LogP contribution in [-0.4, -0.2) is 19.1 Å². The molecule has 0 aromatic rings. The summed E-state index contributed by atoms with van der Waals surface area (Å²) in [4.78, 5) is 0. The summed E-state index contributed by atoms with van der Waals surface area (Å²) in [5, 5.41) is 3.38. The molecule has 0 bridgehead atoms. The summed E-state index contributed by atoms with van der Waals surface area (Å²) in [6.45, 7) is 6.87. The molecule has 1 aliphatic rings. The summed E-state index contributed by atoms with van der Waals surface area (Å²) in [6, 6.07) is 0.426. The zero-order chi connectivity index (χ0) is 8.97. The topological polar surface area (TPSA) is 38.0 Å². The summed E-state index contributed by atoms with van der Waals surface area (Å²) in [6.07, 6.45) is 3.72. The van der Waals surface area contributed by atoms with Crippen LogP contribution in [0.15, 0.2) is 0 Å². The highest BCUT2D eigenvalue weighted by Crippen LogP contribution is 2.16. The molecule has 2 atom stereocenters. The van der Waals surface area contributed by atoms with Crippen LogP contribution in [0.4, 0.5) is 0 Å². The Hall–Kier alpha value is -0.0800. The van der Waals surface area contributed by atoms with Gasteiger partial charge in [0.05, 0.1) is 0 Å². The van der Waals surface area contributed by atoms with Crippen LogP contribution in [0, 0.1) is 11.8 Å². The van der Waals surface area contributed by atoms with E-state index in [1.165, 1.54) is 32.4 Å². The number of nitrogens with one attached hydrogen (secondary N) is 1. The van der Waals surface area contributed by atoms with Crippen molar-refractivity contribution in [3.63, 3.8) is 0 Å². The van der Waals surface area contributed by atoms with Gasteiger partial charge in [-0.15, -0.1) is 0 Å². The van der Waals surface area contributed by atoms with Gasteiger partial charge in [-0.05, 0) is 44.2 Å². The van der Waals surface area contributed by atoms with E-state index >= 15 is 0 Å². The van der Waals surface area contributed by atoms with Gasteiger partial charge in [0.1, 0.15) is 0 Å². The van der Waals surface area contributed by atoms with Crippen LogP contribution in [0.1, 0.15) is 33.1 Å². The highest BCUT2D eigenvalue weighted by Gasteiger charge is 2.17. The molecule has 1 heterocycles. The predicted molar refractivity (Wildman–Crippen MR) is 53.0 cm³/mol. The lowest BCUT2D eigenvalue weighted by Gasteiger charge is -2.17. The van der Waals surface area contributed by atoms with Gasteiger partial charge in [0, 0.05) is 6.04 Å². The Balaban J connectivity index is 2.11. The molecule has 0 aliphatic carbocycles. The minimum absolute atomic E-state index is 0.426. The van der Waals surface area contributed by atoms with Crippen molar-refractivity contribution in [1.29, 1.82) is 0 Å². The van der Waals surface area contributed by atoms with Crippen LogP contribution >= 0.6 is 0 Å². The van der Waals surface area contributed by atoms with Gasteiger partial charge in [-0.25, -0.2) is 0 Å². The minimum atomic E-state index is 0.426. The third-order valence-electron chi connectivity index (χ3n) is 2.57. The number of rotatable bonds is 4. The molecule has 1 fully saturated rings. The second kappa shape index (κ2) is 4.83. The summed E-state index contributed by atoms with van der Waals surface area (Å²) in [7, 11) is 0. The largest absolute Gasteiger partial charge is 0.328 e. The average molecular weight is 170 g/mol. The molecule has 12 heavy (non-hydrogen) atoms. The minimum Gasteiger partial charge on any atom is -0.328 e. The quantitative estimate of drug-likeness (QED) is 0.668. The van der Waals surface area contributed by atoms with Crippen LogP contribution in [0.2, 0.25) is 0 Å². The molecule has 0 radical (unpaired) electrons. The molecule has 2 unspecified atom stereocenters. The third kappa shape index (κ3) is 3.55. The Bertz CT molecular complexity index is 117. The van der Waals surface area contributed by atoms with E-state index in [9.17, 15) is 0 Å². The van der Waals surface area contributed by atoms with E-state index < -0.39 is 0 Å². The lowest BCUT2D eigenvalue weighted by Crippen LogP contribution is -2.26. The van der Waals surface area contributed by atoms with E-state index in [1.54, 1.807) is 0 Å². The summed E-state index contributed by atoms with van der Waals surface area (Å²) in [5.41, 5.74) is 6.03. The van der Waals surface area contributed by atoms with Gasteiger partial charge in [0.25, 0.3) is 0 Å². The molecular weight excluding hydrogens is 148 g/mol. The summed E-state index contributed by atoms with van der Waals surface area (Å²) < 4.78 is 0. The monoisotopic (exact) mass is 170 g/mol. The third-order valence-corrected chi connectivity index (χ3v) is 2.57. The van der Waals surface area contributed by atoms with Crippen LogP contribution in [0.25, 0.3) is 0 Å². The smallest absolute Gasteiger partial charge is 0.00443 e. The van der Waals surface area contributed by atoms with Crippen molar-refractivity contribution in [1.82, 2.24) is 5.32 Å². The maximum atomic E-state index is 6.03. The van der Waals surface area contributed by atoms with E-state index in [-0.39, 0.29) is 0 Å². The Morgan fingerprint density at radius 1 is 1.50 bits per heavy atom. The normalized spacial score (nSPS) is 26.5. The van der Waals surface area contributed by atoms with Crippen molar-refractivity contribution in [3.8, 4) is 0 Å². The van der Waals surface area contributed by atoms with Crippen molar-refractivity contribution >= 4 is 0 Å². The second-order valence-corrected chi connectivity index (χ2v) is 4.48. The van der Waals surface area contributed by atoms with E-state index in [1.807, 2.05) is 0 Å². The van der Waals surface area contributed by atoms with Crippen molar-refractivity contribution in [3.05, 3.63) is 0 Å². The zero-order valence-electron chi connectivity index (χ0n) is 8.34. The van der Waals surface area contributed by atoms with Crippen molar-refractivity contribution in [2.24, 2.45) is 17.6 Å². The average Bonchev–Trinajstić information content (AvgIpc) is 2.37. The molecule has 1 saturated heterocycles. The lowest BCUT2D eigenvalue weighted by molar-refractivity contribution is 0.405. The summed E-state index contributed by atoms with van der Waals surface area (Å²) >= 11 is 0. The van der Waals surface area contributed by atoms with E-state index in [0.717, 1.165) is 11.8 Å². The fourth-order valence-corrected chi connectivity index (χ4v) is 2.05. The van der Waals surface area contributed by atoms with Gasteiger partial charge < -0.3 is 11.1 Å². The molecule has 1 aliphatic heterocycles. The molecule has 0 spiro atoms. The Morgan fingerprint density at radius 2 is 2.25 bits per heavy atom. The van der Waals surface area contributed by atoms with Crippen LogP contribution in [0.5, 0.6) is 0 Å². The first-order chi connectivity index (χ1) is 5.68. The van der Waals surface area contributed by atoms with Gasteiger partial charge in [0.15, 0.2) is 0 Å². The highest BCUT2D eigenvalue weighted by atomic mass is 14.9. The molecule has 2 nitrogen and oxygen atoms in total. The predicted octanol–water partition coefficient (Wildman–Crippen LogP) is 1.36. The Kier molecular flexibility index (Phi) is 4.02. The molecule has 0 amide bonds. The summed E-state index contributed by atoms with van der Waals surface area (Å²) in [5.74, 6) is 1.59. The van der Waals surface area contributed by atoms with Crippen molar-refractivity contribution in [2.45, 2.75) is 39.2 Å². The lowest BCUT2D eigenvalue weighted by atomic mass is 9.94. The van der Waals surface area contributed by atoms with E-state index in [0.29, 0.717) is 6.04 Å². The van der Waals surface area contributed by atoms with Crippen LogP contribution in [0.3, 0.4) is 0 Å². The van der Waals surface area contributed by atoms with E-state index in [4.69, 9.17) is 5.73 Å². The molecule has 1 rings (SSSR count). The molecule has 0 saturated carbocycles. The van der Waals surface area contributed by atoms with Crippen LogP contribution in [-0.2, 0) is 0 Å². The highest BCUT2D eigenvalue weighted by molar-refractivity contribution is 4.76. The van der Waals surface area contributed by atoms with Gasteiger partial charge in [-0.1, -0.05) is 13.8 Å². The van der Waals surface area contributed by atoms with Gasteiger partial charge in [-0.3, -0.25) is 0 Å². The maximum absolute atomic E-state index is 6.03. The first kappa shape index (κ1) is 10.0. The fraction of sp³-hybridized carbons (Fsp3) is 1.00. The maximum Gasteiger partial charge on any atom is 0.00443 e. The van der Waals surface area contributed by atoms with E-state index in [2.05, 4.69) is 19.2 Å². The van der Waals surface area contributed by atoms with Gasteiger partial charge in [-0.2, -0.15) is 0 Å². The fourth-order valence-electron chi connectivity index (χ4n) is 2.05. The SMILES string of the molecule is CC(C)CC(N)CC1CCNC1. The molecular formula is C10H22N2. The van der Waals surface area contributed by atoms with Crippen molar-refractivity contribution < 1.29 is 0 Å². The number of hydrogen-bond donors (Lipinski definition) is 2. The molecule has 3 N–H and O–H groups in total. The Labute approximate surface area is 75.9 Å². The first-order valence-electron chi connectivity index (χ1n) is 5.14. The molecule has 2 heteroatoms. The second-order valence-electron chi connectivity index (χ2n) is 4.48. The zero-order valence-corrected chi connectivity index (χ0v) is 8.34. The number of nitrogens with two attached hydrogens (primary N) is 1. The molecule has 0 aromatic carbocycles. The van der Waals surface area contributed by atoms with Crippen molar-refractivity contribution in [2.75, 3.05) is 13.1 Å². The molecule has 0 aromatic heterocycles.